The van der Waals surface area contributed by atoms with Gasteiger partial charge in [0, 0.05) is 22.8 Å². The van der Waals surface area contributed by atoms with Gasteiger partial charge in [0.15, 0.2) is 5.76 Å². The Bertz CT molecular complexity index is 1440. The largest absolute Gasteiger partial charge is 0.467 e. The third-order valence-electron chi connectivity index (χ3n) is 11.6. The van der Waals surface area contributed by atoms with E-state index in [1.165, 1.54) is 6.08 Å². The topological polar surface area (TPSA) is 245 Å². The number of Topliss-reactive ketones (excluding diaryl/α,β-unsaturated/α-hetero) is 1. The minimum atomic E-state index is -2.38. The fourth-order valence-electron chi connectivity index (χ4n) is 9.60. The molecule has 1 spiro atoms. The van der Waals surface area contributed by atoms with Crippen molar-refractivity contribution in [3.63, 3.8) is 0 Å². The number of carbonyl (C=O) groups excluding carboxylic acids is 4. The molecule has 0 amide bonds. The number of aliphatic hydroxyl groups is 6. The molecule has 6 rings (SSSR count). The second-order valence-corrected chi connectivity index (χ2v) is 14.2. The van der Waals surface area contributed by atoms with Gasteiger partial charge in [-0.3, -0.25) is 4.79 Å². The molecule has 0 unspecified atom stereocenters. The van der Waals surface area contributed by atoms with Crippen LogP contribution in [0.4, 0.5) is 0 Å². The predicted octanol–water partition coefficient (Wildman–Crippen LogP) is -2.37. The fraction of sp³-hybridized carbons (Fsp3) is 0.750. The summed E-state index contributed by atoms with van der Waals surface area (Å²) in [6, 6.07) is 0. The molecule has 2 bridgehead atoms. The van der Waals surface area contributed by atoms with Crippen LogP contribution in [0.25, 0.3) is 0 Å². The minimum absolute atomic E-state index is 0.0457. The average molecular weight is 683 g/mol. The van der Waals surface area contributed by atoms with Gasteiger partial charge in [0.05, 0.1) is 32.3 Å². The zero-order chi connectivity index (χ0) is 35.2. The van der Waals surface area contributed by atoms with Crippen LogP contribution in [0.15, 0.2) is 23.5 Å². The van der Waals surface area contributed by atoms with E-state index in [0.29, 0.717) is 5.57 Å². The molecule has 48 heavy (non-hydrogen) atoms. The van der Waals surface area contributed by atoms with E-state index >= 15 is 0 Å². The molecule has 0 aromatic heterocycles. The van der Waals surface area contributed by atoms with Gasteiger partial charge < -0.3 is 59.1 Å². The van der Waals surface area contributed by atoms with Gasteiger partial charge in [-0.2, -0.15) is 0 Å². The second-order valence-electron chi connectivity index (χ2n) is 14.2. The number of methoxy groups -OCH3 is 1. The van der Waals surface area contributed by atoms with Crippen molar-refractivity contribution in [2.75, 3.05) is 20.3 Å². The number of aliphatic hydroxyl groups excluding tert-OH is 6. The molecule has 0 aromatic carbocycles. The van der Waals surface area contributed by atoms with Gasteiger partial charge in [-0.15, -0.1) is 0 Å². The van der Waals surface area contributed by atoms with Crippen LogP contribution < -0.4 is 0 Å². The van der Waals surface area contributed by atoms with Gasteiger partial charge in [0.2, 0.25) is 23.8 Å². The Balaban J connectivity index is 1.46. The number of rotatable bonds is 6. The van der Waals surface area contributed by atoms with Crippen LogP contribution in [-0.2, 0) is 47.6 Å². The van der Waals surface area contributed by atoms with Crippen LogP contribution >= 0.6 is 0 Å². The fourth-order valence-corrected chi connectivity index (χ4v) is 9.60. The number of hydrogen-bond donors (Lipinski definition) is 6. The Labute approximate surface area is 275 Å². The molecule has 3 heterocycles. The van der Waals surface area contributed by atoms with Crippen molar-refractivity contribution in [1.29, 1.82) is 0 Å². The molecule has 266 valence electrons. The second kappa shape index (κ2) is 11.8. The van der Waals surface area contributed by atoms with E-state index in [2.05, 4.69) is 0 Å². The summed E-state index contributed by atoms with van der Waals surface area (Å²) in [6.07, 6.45) is -12.4. The molecule has 0 aromatic rings. The Morgan fingerprint density at radius 3 is 2.35 bits per heavy atom. The highest BCUT2D eigenvalue weighted by atomic mass is 16.7. The van der Waals surface area contributed by atoms with Crippen molar-refractivity contribution in [3.05, 3.63) is 23.5 Å². The van der Waals surface area contributed by atoms with Gasteiger partial charge in [0.25, 0.3) is 0 Å². The van der Waals surface area contributed by atoms with Crippen molar-refractivity contribution in [1.82, 2.24) is 0 Å². The Hall–Kier alpha value is -2.96. The smallest absolute Gasteiger partial charge is 0.348 e. The molecule has 16 nitrogen and oxygen atoms in total. The van der Waals surface area contributed by atoms with Crippen molar-refractivity contribution in [2.45, 2.75) is 94.8 Å². The predicted molar refractivity (Wildman–Crippen MR) is 155 cm³/mol. The van der Waals surface area contributed by atoms with E-state index in [1.807, 2.05) is 0 Å². The number of carbonyl (C=O) groups is 4. The lowest BCUT2D eigenvalue weighted by atomic mass is 9.37. The summed E-state index contributed by atoms with van der Waals surface area (Å²) in [4.78, 5) is 54.8. The molecule has 0 radical (unpaired) electrons. The summed E-state index contributed by atoms with van der Waals surface area (Å²) in [5.74, 6) is -7.95. The van der Waals surface area contributed by atoms with E-state index in [9.17, 15) is 49.8 Å². The zero-order valence-corrected chi connectivity index (χ0v) is 27.0. The van der Waals surface area contributed by atoms with Crippen molar-refractivity contribution in [3.8, 4) is 0 Å². The summed E-state index contributed by atoms with van der Waals surface area (Å²) in [6.45, 7) is 5.45. The molecular weight excluding hydrogens is 640 g/mol. The van der Waals surface area contributed by atoms with E-state index in [-0.39, 0.29) is 12.2 Å². The van der Waals surface area contributed by atoms with Gasteiger partial charge in [-0.25, -0.2) is 14.4 Å². The third-order valence-corrected chi connectivity index (χ3v) is 11.6. The van der Waals surface area contributed by atoms with Gasteiger partial charge in [-0.05, 0) is 38.2 Å². The lowest BCUT2D eigenvalue weighted by molar-refractivity contribution is -0.297. The SMILES string of the molecule is COC(=O)[C@@]12OC[C@]34[C@H]([C@@H](O)[C@@H]1O)[C@@]1(C)C(=O)C(O[C@@H]5O[C@H](CO)[C@H](O)[C@H](O)[C@H]5O)=C[C@H](C)[C@@H]1C[C@H]3OC(=O)[C@H](OC(=O)C=C(C)C)[C@@H]24. The number of esters is 3. The lowest BCUT2D eigenvalue weighted by Gasteiger charge is -2.67. The Morgan fingerprint density at radius 1 is 1.04 bits per heavy atom. The summed E-state index contributed by atoms with van der Waals surface area (Å²) in [7, 11) is 1.04. The first-order valence-corrected chi connectivity index (χ1v) is 15.9. The van der Waals surface area contributed by atoms with Crippen LogP contribution in [0.3, 0.4) is 0 Å². The van der Waals surface area contributed by atoms with Crippen molar-refractivity contribution in [2.24, 2.45) is 34.5 Å². The number of ketones is 1. The molecular formula is C32H42O16. The molecule has 3 aliphatic heterocycles. The van der Waals surface area contributed by atoms with E-state index < -0.39 is 132 Å². The number of fused-ring (bicyclic) bond motifs is 2. The Kier molecular flexibility index (Phi) is 8.60. The maximum absolute atomic E-state index is 14.7. The zero-order valence-electron chi connectivity index (χ0n) is 27.0. The molecule has 5 fully saturated rings. The molecule has 6 N–H and O–H groups in total. The first kappa shape index (κ1) is 34.9. The molecule has 2 saturated carbocycles. The normalized spacial score (nSPS) is 49.1. The van der Waals surface area contributed by atoms with Crippen LogP contribution in [0.5, 0.6) is 0 Å². The highest BCUT2D eigenvalue weighted by Gasteiger charge is 2.86. The molecule has 6 aliphatic rings. The van der Waals surface area contributed by atoms with Crippen molar-refractivity contribution < 1.29 is 78.2 Å². The quantitative estimate of drug-likeness (QED) is 0.0974. The van der Waals surface area contributed by atoms with Crippen LogP contribution in [0, 0.1) is 34.5 Å². The summed E-state index contributed by atoms with van der Waals surface area (Å²) < 4.78 is 34.0. The van der Waals surface area contributed by atoms with Crippen LogP contribution in [0.2, 0.25) is 0 Å². The Morgan fingerprint density at radius 2 is 1.73 bits per heavy atom. The van der Waals surface area contributed by atoms with E-state index in [0.717, 1.165) is 13.2 Å². The summed E-state index contributed by atoms with van der Waals surface area (Å²) >= 11 is 0. The standard InChI is InChI=1S/C32H42O16/c1-11(2)6-17(34)48-22-24-31-10-44-32(24,29(42)43-5)26(40)21(38)23(31)30(4)13(8-16(31)47-27(22)41)12(3)7-14(25(30)39)45-28-20(37)19(36)18(35)15(9-33)46-28/h6-7,12-13,15-16,18-24,26,28,33,35-38,40H,8-10H2,1-5H3/t12-,13-,15+,16+,18-,19-,20+,21+,22+,23+,24+,26-,28+,30-,31+,32-/m0/s1. The van der Waals surface area contributed by atoms with Gasteiger partial charge >= 0.3 is 17.9 Å². The van der Waals surface area contributed by atoms with Gasteiger partial charge in [-0.1, -0.05) is 19.4 Å². The molecule has 16 heteroatoms. The van der Waals surface area contributed by atoms with Crippen molar-refractivity contribution >= 4 is 23.7 Å². The van der Waals surface area contributed by atoms with E-state index in [4.69, 9.17) is 28.4 Å². The molecule has 16 atom stereocenters. The van der Waals surface area contributed by atoms with Crippen LogP contribution in [0.1, 0.15) is 34.1 Å². The molecule has 3 saturated heterocycles. The first-order valence-electron chi connectivity index (χ1n) is 15.9. The maximum atomic E-state index is 14.7. The summed E-state index contributed by atoms with van der Waals surface area (Å²) in [5.41, 5.74) is -5.02. The monoisotopic (exact) mass is 682 g/mol. The number of allylic oxidation sites excluding steroid dienone is 3. The van der Waals surface area contributed by atoms with E-state index in [1.54, 1.807) is 27.7 Å². The lowest BCUT2D eigenvalue weighted by Crippen LogP contribution is -2.80. The number of ether oxygens (including phenoxy) is 6. The number of hydrogen-bond acceptors (Lipinski definition) is 16. The highest BCUT2D eigenvalue weighted by Crippen LogP contribution is 2.72. The van der Waals surface area contributed by atoms with Crippen LogP contribution in [-0.4, -0.2) is 135 Å². The summed E-state index contributed by atoms with van der Waals surface area (Å²) in [5, 5.41) is 64.6. The minimum Gasteiger partial charge on any atom is -0.467 e. The highest BCUT2D eigenvalue weighted by molar-refractivity contribution is 6.00. The first-order chi connectivity index (χ1) is 22.5. The molecule has 3 aliphatic carbocycles. The average Bonchev–Trinajstić information content (AvgIpc) is 3.34. The maximum Gasteiger partial charge on any atom is 0.348 e. The third kappa shape index (κ3) is 4.50. The van der Waals surface area contributed by atoms with Gasteiger partial charge in [0.1, 0.15) is 36.6 Å².